The van der Waals surface area contributed by atoms with Gasteiger partial charge in [-0.15, -0.1) is 0 Å². The molecule has 3 aromatic rings. The van der Waals surface area contributed by atoms with Crippen molar-refractivity contribution >= 4 is 17.6 Å². The van der Waals surface area contributed by atoms with Crippen LogP contribution in [-0.2, 0) is 17.8 Å². The molecule has 7 nitrogen and oxygen atoms in total. The van der Waals surface area contributed by atoms with Crippen LogP contribution in [0.15, 0.2) is 36.4 Å². The molecule has 1 aliphatic rings. The average Bonchev–Trinajstić information content (AvgIpc) is 2.88. The van der Waals surface area contributed by atoms with Crippen molar-refractivity contribution in [1.29, 1.82) is 0 Å². The topological polar surface area (TPSA) is 87.2 Å². The normalized spacial score (nSPS) is 13.9. The third kappa shape index (κ3) is 6.15. The van der Waals surface area contributed by atoms with E-state index in [9.17, 15) is 18.4 Å². The van der Waals surface area contributed by atoms with Crippen molar-refractivity contribution in [3.63, 3.8) is 0 Å². The highest BCUT2D eigenvalue weighted by Gasteiger charge is 2.30. The van der Waals surface area contributed by atoms with Gasteiger partial charge in [-0.3, -0.25) is 9.59 Å². The number of likely N-dealkylation sites (tertiary alicyclic amines) is 1. The molecule has 2 N–H and O–H groups in total. The summed E-state index contributed by atoms with van der Waals surface area (Å²) < 4.78 is 28.1. The Morgan fingerprint density at radius 1 is 1.00 bits per heavy atom. The summed E-state index contributed by atoms with van der Waals surface area (Å²) in [6.07, 6.45) is 0.816. The summed E-state index contributed by atoms with van der Waals surface area (Å²) >= 11 is 0. The number of rotatable bonds is 7. The number of amides is 2. The molecule has 1 aliphatic heterocycles. The summed E-state index contributed by atoms with van der Waals surface area (Å²) in [5.41, 5.74) is 4.10. The minimum atomic E-state index is -0.722. The first-order valence-electron chi connectivity index (χ1n) is 12.8. The van der Waals surface area contributed by atoms with Crippen molar-refractivity contribution in [2.45, 2.75) is 52.5 Å². The van der Waals surface area contributed by atoms with Crippen molar-refractivity contribution in [3.05, 3.63) is 87.4 Å². The summed E-state index contributed by atoms with van der Waals surface area (Å²) in [5.74, 6) is -1.10. The first-order valence-corrected chi connectivity index (χ1v) is 12.8. The molecular formula is C29H33F2N5O2. The van der Waals surface area contributed by atoms with E-state index < -0.39 is 11.6 Å². The van der Waals surface area contributed by atoms with Crippen LogP contribution in [0.2, 0.25) is 0 Å². The molecular weight excluding hydrogens is 488 g/mol. The third-order valence-corrected chi connectivity index (χ3v) is 6.87. The van der Waals surface area contributed by atoms with E-state index in [0.29, 0.717) is 55.4 Å². The predicted octanol–water partition coefficient (Wildman–Crippen LogP) is 4.60. The molecule has 2 heterocycles. The first-order chi connectivity index (χ1) is 18.2. The molecule has 0 saturated carbocycles. The number of nitrogens with one attached hydrogen (secondary N) is 2. The van der Waals surface area contributed by atoms with E-state index in [1.54, 1.807) is 18.9 Å². The highest BCUT2D eigenvalue weighted by Crippen LogP contribution is 2.32. The van der Waals surface area contributed by atoms with Crippen molar-refractivity contribution in [2.75, 3.05) is 25.5 Å². The maximum Gasteiger partial charge on any atom is 0.257 e. The Balaban J connectivity index is 1.49. The molecule has 9 heteroatoms. The predicted molar refractivity (Wildman–Crippen MR) is 142 cm³/mol. The van der Waals surface area contributed by atoms with E-state index in [0.717, 1.165) is 28.8 Å². The van der Waals surface area contributed by atoms with Gasteiger partial charge < -0.3 is 15.5 Å². The number of carbonyl (C=O) groups excluding carboxylic acids is 2. The molecule has 2 aromatic carbocycles. The molecule has 1 aromatic heterocycles. The number of aromatic nitrogens is 2. The van der Waals surface area contributed by atoms with Crippen LogP contribution in [0, 0.1) is 32.4 Å². The second-order valence-corrected chi connectivity index (χ2v) is 9.84. The van der Waals surface area contributed by atoms with Gasteiger partial charge in [-0.2, -0.15) is 0 Å². The number of hydrogen-bond donors (Lipinski definition) is 2. The molecule has 0 aliphatic carbocycles. The zero-order valence-corrected chi connectivity index (χ0v) is 22.2. The Bertz CT molecular complexity index is 1310. The minimum absolute atomic E-state index is 0.0694. The molecule has 0 atom stereocenters. The van der Waals surface area contributed by atoms with E-state index in [1.165, 1.54) is 6.07 Å². The van der Waals surface area contributed by atoms with E-state index in [-0.39, 0.29) is 29.7 Å². The van der Waals surface area contributed by atoms with Gasteiger partial charge in [0.1, 0.15) is 28.8 Å². The highest BCUT2D eigenvalue weighted by atomic mass is 19.1. The summed E-state index contributed by atoms with van der Waals surface area (Å²) in [7, 11) is 1.72. The van der Waals surface area contributed by atoms with Crippen LogP contribution in [0.1, 0.15) is 62.9 Å². The number of benzene rings is 2. The third-order valence-electron chi connectivity index (χ3n) is 6.87. The van der Waals surface area contributed by atoms with Crippen molar-refractivity contribution in [2.24, 2.45) is 0 Å². The van der Waals surface area contributed by atoms with Gasteiger partial charge in [0.25, 0.3) is 5.91 Å². The summed E-state index contributed by atoms with van der Waals surface area (Å²) in [6, 6.07) is 9.75. The lowest BCUT2D eigenvalue weighted by Crippen LogP contribution is -2.39. The quantitative estimate of drug-likeness (QED) is 0.475. The Labute approximate surface area is 221 Å². The van der Waals surface area contributed by atoms with Gasteiger partial charge in [0.15, 0.2) is 0 Å². The number of nitrogens with zero attached hydrogens (tertiary/aromatic N) is 3. The monoisotopic (exact) mass is 521 g/mol. The van der Waals surface area contributed by atoms with Gasteiger partial charge in [-0.1, -0.05) is 35.4 Å². The fraction of sp³-hybridized carbons (Fsp3) is 0.379. The highest BCUT2D eigenvalue weighted by molar-refractivity contribution is 6.00. The van der Waals surface area contributed by atoms with Gasteiger partial charge >= 0.3 is 0 Å². The standard InChI is InChI=1S/C29H33F2N5O2/c1-17-12-18(2)14-20(13-17)16-33-29(38)26-27(34-19(3)35-28(26)32-4)21-8-10-36(11-9-21)25(37)15-22-23(30)6-5-7-24(22)31/h5-7,12-14,21H,8-11,15-16H2,1-4H3,(H,33,38)(H,32,34,35). The Kier molecular flexibility index (Phi) is 8.34. The molecule has 2 amide bonds. The van der Waals surface area contributed by atoms with Crippen LogP contribution < -0.4 is 10.6 Å². The fourth-order valence-electron chi connectivity index (χ4n) is 5.10. The molecule has 0 bridgehead atoms. The molecule has 0 radical (unpaired) electrons. The smallest absolute Gasteiger partial charge is 0.257 e. The molecule has 38 heavy (non-hydrogen) atoms. The van der Waals surface area contributed by atoms with Crippen LogP contribution in [0.4, 0.5) is 14.6 Å². The fourth-order valence-corrected chi connectivity index (χ4v) is 5.10. The summed E-state index contributed by atoms with van der Waals surface area (Å²) in [6.45, 7) is 7.00. The van der Waals surface area contributed by atoms with E-state index in [2.05, 4.69) is 26.7 Å². The summed E-state index contributed by atoms with van der Waals surface area (Å²) in [4.78, 5) is 36.9. The lowest BCUT2D eigenvalue weighted by atomic mass is 9.89. The maximum atomic E-state index is 14.0. The number of halogens is 2. The number of hydrogen-bond acceptors (Lipinski definition) is 5. The lowest BCUT2D eigenvalue weighted by Gasteiger charge is -2.33. The minimum Gasteiger partial charge on any atom is -0.372 e. The molecule has 0 unspecified atom stereocenters. The van der Waals surface area contributed by atoms with Crippen LogP contribution in [0.25, 0.3) is 0 Å². The number of carbonyl (C=O) groups is 2. The molecule has 0 spiro atoms. The van der Waals surface area contributed by atoms with Gasteiger partial charge in [0.2, 0.25) is 5.91 Å². The SMILES string of the molecule is CNc1nc(C)nc(C2CCN(C(=O)Cc3c(F)cccc3F)CC2)c1C(=O)NCc1cc(C)cc(C)c1. The average molecular weight is 522 g/mol. The summed E-state index contributed by atoms with van der Waals surface area (Å²) in [5, 5.41) is 6.04. The van der Waals surface area contributed by atoms with Crippen LogP contribution >= 0.6 is 0 Å². The maximum absolute atomic E-state index is 14.0. The van der Waals surface area contributed by atoms with Crippen LogP contribution in [0.3, 0.4) is 0 Å². The lowest BCUT2D eigenvalue weighted by molar-refractivity contribution is -0.131. The van der Waals surface area contributed by atoms with E-state index in [1.807, 2.05) is 26.0 Å². The first kappa shape index (κ1) is 27.2. The van der Waals surface area contributed by atoms with Gasteiger partial charge in [0.05, 0.1) is 12.1 Å². The number of piperidine rings is 1. The van der Waals surface area contributed by atoms with Gasteiger partial charge in [0, 0.05) is 38.2 Å². The zero-order valence-electron chi connectivity index (χ0n) is 22.2. The van der Waals surface area contributed by atoms with E-state index >= 15 is 0 Å². The van der Waals surface area contributed by atoms with Gasteiger partial charge in [-0.05, 0) is 51.3 Å². The number of aryl methyl sites for hydroxylation is 3. The largest absolute Gasteiger partial charge is 0.372 e. The Morgan fingerprint density at radius 2 is 1.63 bits per heavy atom. The Hall–Kier alpha value is -3.88. The van der Waals surface area contributed by atoms with Gasteiger partial charge in [-0.25, -0.2) is 18.7 Å². The van der Waals surface area contributed by atoms with Crippen molar-refractivity contribution in [1.82, 2.24) is 20.2 Å². The second kappa shape index (κ2) is 11.7. The Morgan fingerprint density at radius 3 is 2.24 bits per heavy atom. The number of anilines is 1. The molecule has 1 saturated heterocycles. The molecule has 1 fully saturated rings. The molecule has 4 rings (SSSR count). The zero-order chi connectivity index (χ0) is 27.4. The van der Waals surface area contributed by atoms with Crippen molar-refractivity contribution < 1.29 is 18.4 Å². The van der Waals surface area contributed by atoms with Crippen molar-refractivity contribution in [3.8, 4) is 0 Å². The van der Waals surface area contributed by atoms with Crippen LogP contribution in [0.5, 0.6) is 0 Å². The molecule has 200 valence electrons. The van der Waals surface area contributed by atoms with Crippen LogP contribution in [-0.4, -0.2) is 46.8 Å². The second-order valence-electron chi connectivity index (χ2n) is 9.84. The van der Waals surface area contributed by atoms with E-state index in [4.69, 9.17) is 0 Å².